The third-order valence-corrected chi connectivity index (χ3v) is 3.85. The molecule has 25 heavy (non-hydrogen) atoms. The highest BCUT2D eigenvalue weighted by Gasteiger charge is 2.09. The first-order valence-corrected chi connectivity index (χ1v) is 8.10. The summed E-state index contributed by atoms with van der Waals surface area (Å²) in [6.07, 6.45) is 3.09. The summed E-state index contributed by atoms with van der Waals surface area (Å²) in [5.41, 5.74) is 1.33. The maximum absolute atomic E-state index is 12.2. The van der Waals surface area contributed by atoms with Gasteiger partial charge in [-0.2, -0.15) is 5.10 Å². The van der Waals surface area contributed by atoms with Crippen LogP contribution in [0.5, 0.6) is 5.75 Å². The molecule has 2 heterocycles. The van der Waals surface area contributed by atoms with Gasteiger partial charge in [-0.1, -0.05) is 23.7 Å². The van der Waals surface area contributed by atoms with Gasteiger partial charge >= 0.3 is 0 Å². The van der Waals surface area contributed by atoms with Gasteiger partial charge < -0.3 is 9.15 Å². The third-order valence-electron chi connectivity index (χ3n) is 3.54. The fourth-order valence-corrected chi connectivity index (χ4v) is 2.55. The van der Waals surface area contributed by atoms with Crippen LogP contribution in [-0.4, -0.2) is 15.6 Å². The number of furan rings is 1. The van der Waals surface area contributed by atoms with E-state index < -0.39 is 0 Å². The van der Waals surface area contributed by atoms with Crippen LogP contribution in [0.1, 0.15) is 27.7 Å². The molecule has 128 valence electrons. The summed E-state index contributed by atoms with van der Waals surface area (Å²) in [6, 6.07) is 12.6. The van der Waals surface area contributed by atoms with Crippen molar-refractivity contribution in [3.8, 4) is 5.75 Å². The minimum Gasteiger partial charge on any atom is -0.484 e. The zero-order valence-corrected chi connectivity index (χ0v) is 14.7. The van der Waals surface area contributed by atoms with Gasteiger partial charge in [0.05, 0.1) is 10.7 Å². The molecule has 0 saturated heterocycles. The average Bonchev–Trinajstić information content (AvgIpc) is 3.18. The fraction of sp³-hybridized carbons (Fsp3) is 0.158. The maximum Gasteiger partial charge on any atom is 0.203 e. The number of para-hydroxylation sites is 1. The quantitative estimate of drug-likeness (QED) is 0.483. The first-order chi connectivity index (χ1) is 12.0. The molecule has 3 aromatic rings. The summed E-state index contributed by atoms with van der Waals surface area (Å²) in [4.78, 5) is 12.2. The number of ketones is 1. The average molecular weight is 357 g/mol. The van der Waals surface area contributed by atoms with E-state index in [0.717, 1.165) is 5.69 Å². The predicted molar refractivity (Wildman–Crippen MR) is 95.8 cm³/mol. The monoisotopic (exact) mass is 356 g/mol. The first-order valence-electron chi connectivity index (χ1n) is 7.72. The van der Waals surface area contributed by atoms with Gasteiger partial charge in [0.25, 0.3) is 0 Å². The number of aryl methyl sites for hydroxylation is 2. The van der Waals surface area contributed by atoms with Gasteiger partial charge in [0.2, 0.25) is 5.78 Å². The van der Waals surface area contributed by atoms with Crippen LogP contribution in [0.2, 0.25) is 5.02 Å². The van der Waals surface area contributed by atoms with E-state index in [2.05, 4.69) is 5.10 Å². The summed E-state index contributed by atoms with van der Waals surface area (Å²) in [7, 11) is 1.74. The van der Waals surface area contributed by atoms with Crippen LogP contribution in [0.15, 0.2) is 53.0 Å². The Bertz CT molecular complexity index is 924. The molecule has 0 unspecified atom stereocenters. The molecule has 0 saturated carbocycles. The first kappa shape index (κ1) is 17.0. The Kier molecular flexibility index (Phi) is 5.05. The Morgan fingerprint density at radius 2 is 2.12 bits per heavy atom. The highest BCUT2D eigenvalue weighted by Crippen LogP contribution is 2.24. The third kappa shape index (κ3) is 4.19. The number of halogens is 1. The zero-order chi connectivity index (χ0) is 17.8. The molecule has 6 heteroatoms. The maximum atomic E-state index is 12.2. The molecule has 3 rings (SSSR count). The summed E-state index contributed by atoms with van der Waals surface area (Å²) in [5.74, 6) is 1.68. The van der Waals surface area contributed by atoms with Crippen molar-refractivity contribution in [2.24, 2.45) is 7.05 Å². The summed E-state index contributed by atoms with van der Waals surface area (Å²) in [6.45, 7) is 2.10. The molecule has 0 aliphatic rings. The lowest BCUT2D eigenvalue weighted by atomic mass is 10.2. The van der Waals surface area contributed by atoms with Crippen LogP contribution in [0.25, 0.3) is 6.08 Å². The van der Waals surface area contributed by atoms with Crippen molar-refractivity contribution in [1.82, 2.24) is 9.78 Å². The van der Waals surface area contributed by atoms with E-state index >= 15 is 0 Å². The topological polar surface area (TPSA) is 57.3 Å². The van der Waals surface area contributed by atoms with Crippen LogP contribution in [0.4, 0.5) is 0 Å². The van der Waals surface area contributed by atoms with Gasteiger partial charge in [0, 0.05) is 7.05 Å². The van der Waals surface area contributed by atoms with E-state index in [4.69, 9.17) is 20.8 Å². The van der Waals surface area contributed by atoms with Crippen molar-refractivity contribution in [3.63, 3.8) is 0 Å². The lowest BCUT2D eigenvalue weighted by molar-refractivity contribution is 0.103. The second-order valence-corrected chi connectivity index (χ2v) is 5.92. The molecule has 0 aliphatic heterocycles. The Hall–Kier alpha value is -2.79. The van der Waals surface area contributed by atoms with Gasteiger partial charge in [-0.05, 0) is 49.4 Å². The minimum atomic E-state index is -0.131. The van der Waals surface area contributed by atoms with Crippen LogP contribution in [0.3, 0.4) is 0 Å². The number of hydrogen-bond acceptors (Lipinski definition) is 4. The molecule has 0 spiro atoms. The van der Waals surface area contributed by atoms with Crippen molar-refractivity contribution in [2.45, 2.75) is 13.5 Å². The number of benzene rings is 1. The van der Waals surface area contributed by atoms with Crippen molar-refractivity contribution in [1.29, 1.82) is 0 Å². The van der Waals surface area contributed by atoms with Gasteiger partial charge in [-0.15, -0.1) is 0 Å². The van der Waals surface area contributed by atoms with Gasteiger partial charge in [-0.25, -0.2) is 0 Å². The van der Waals surface area contributed by atoms with Crippen LogP contribution < -0.4 is 4.74 Å². The molecule has 1 aromatic carbocycles. The van der Waals surface area contributed by atoms with E-state index in [1.54, 1.807) is 48.1 Å². The van der Waals surface area contributed by atoms with E-state index in [9.17, 15) is 4.79 Å². The van der Waals surface area contributed by atoms with Gasteiger partial charge in [0.15, 0.2) is 0 Å². The second-order valence-electron chi connectivity index (χ2n) is 5.52. The Labute approximate surface area is 150 Å². The molecule has 2 aromatic heterocycles. The van der Waals surface area contributed by atoms with Gasteiger partial charge in [0.1, 0.15) is 29.6 Å². The molecule has 0 radical (unpaired) electrons. The zero-order valence-electron chi connectivity index (χ0n) is 13.9. The predicted octanol–water partition coefficient (Wildman–Crippen LogP) is 4.45. The number of carbonyl (C=O) groups excluding carboxylic acids is 1. The molecular weight excluding hydrogens is 340 g/mol. The van der Waals surface area contributed by atoms with Crippen LogP contribution in [-0.2, 0) is 13.7 Å². The van der Waals surface area contributed by atoms with Crippen LogP contribution in [0, 0.1) is 6.92 Å². The summed E-state index contributed by atoms with van der Waals surface area (Å²) < 4.78 is 12.8. The van der Waals surface area contributed by atoms with Crippen molar-refractivity contribution >= 4 is 23.5 Å². The smallest absolute Gasteiger partial charge is 0.203 e. The number of rotatable bonds is 6. The number of nitrogens with zero attached hydrogens (tertiary/aromatic N) is 2. The highest BCUT2D eigenvalue weighted by molar-refractivity contribution is 6.32. The number of ether oxygens (including phenoxy) is 1. The molecule has 5 nitrogen and oxygen atoms in total. The lowest BCUT2D eigenvalue weighted by Gasteiger charge is -2.05. The molecule has 0 fully saturated rings. The molecule has 0 aliphatic carbocycles. The second kappa shape index (κ2) is 7.40. The molecule has 0 bridgehead atoms. The van der Waals surface area contributed by atoms with Crippen molar-refractivity contribution in [3.05, 3.63) is 76.5 Å². The molecular formula is C19H17ClN2O3. The number of allylic oxidation sites excluding steroid dienone is 1. The SMILES string of the molecule is Cc1cc(C(=O)/C=C/c2ccc(COc3ccccc3Cl)o2)n(C)n1. The molecule has 0 amide bonds. The van der Waals surface area contributed by atoms with Crippen LogP contribution >= 0.6 is 11.6 Å². The van der Waals surface area contributed by atoms with E-state index in [1.807, 2.05) is 19.1 Å². The largest absolute Gasteiger partial charge is 0.484 e. The van der Waals surface area contributed by atoms with Crippen molar-refractivity contribution < 1.29 is 13.9 Å². The molecule has 0 atom stereocenters. The number of hydrogen-bond donors (Lipinski definition) is 0. The lowest BCUT2D eigenvalue weighted by Crippen LogP contribution is -2.03. The van der Waals surface area contributed by atoms with E-state index in [-0.39, 0.29) is 12.4 Å². The Morgan fingerprint density at radius 3 is 2.84 bits per heavy atom. The Balaban J connectivity index is 1.62. The summed E-state index contributed by atoms with van der Waals surface area (Å²) >= 11 is 6.04. The van der Waals surface area contributed by atoms with Gasteiger partial charge in [-0.3, -0.25) is 9.48 Å². The minimum absolute atomic E-state index is 0.131. The standard InChI is InChI=1S/C19H17ClN2O3/c1-13-11-17(22(2)21-13)18(23)10-9-14-7-8-15(25-14)12-24-19-6-4-3-5-16(19)20/h3-11H,12H2,1-2H3/b10-9+. The van der Waals surface area contributed by atoms with E-state index in [1.165, 1.54) is 6.08 Å². The summed E-state index contributed by atoms with van der Waals surface area (Å²) in [5, 5.41) is 4.71. The Morgan fingerprint density at radius 1 is 1.32 bits per heavy atom. The normalized spacial score (nSPS) is 11.2. The molecule has 0 N–H and O–H groups in total. The number of carbonyl (C=O) groups is 1. The van der Waals surface area contributed by atoms with E-state index in [0.29, 0.717) is 28.0 Å². The fourth-order valence-electron chi connectivity index (χ4n) is 2.36. The highest BCUT2D eigenvalue weighted by atomic mass is 35.5. The number of aromatic nitrogens is 2. The van der Waals surface area contributed by atoms with Crippen molar-refractivity contribution in [2.75, 3.05) is 0 Å².